The topological polar surface area (TPSA) is 61.4 Å². The number of nitrogens with zero attached hydrogens (tertiary/aromatic N) is 1. The molecule has 2 N–H and O–H groups in total. The van der Waals surface area contributed by atoms with Gasteiger partial charge in [-0.2, -0.15) is 0 Å². The van der Waals surface area contributed by atoms with Crippen LogP contribution in [0, 0.1) is 0 Å². The Labute approximate surface area is 145 Å². The highest BCUT2D eigenvalue weighted by Gasteiger charge is 2.40. The number of thioether (sulfide) groups is 1. The molecule has 5 nitrogen and oxygen atoms in total. The standard InChI is InChI=1S/C18H19N3O2S/c1-13(22)21-16(12-24-18(21)14-8-4-2-5-9-14)17(23)20-19-15-10-6-3-7-11-15/h2-11,16,18-19H,12H2,1H3,(H,20,23)/t16-,18-/m1/s1. The summed E-state index contributed by atoms with van der Waals surface area (Å²) in [7, 11) is 0. The molecule has 2 atom stereocenters. The van der Waals surface area contributed by atoms with E-state index in [4.69, 9.17) is 0 Å². The smallest absolute Gasteiger partial charge is 0.262 e. The zero-order chi connectivity index (χ0) is 16.9. The molecular weight excluding hydrogens is 322 g/mol. The SMILES string of the molecule is CC(=O)N1[C@@H](C(=O)NNc2ccccc2)CS[C@@H]1c1ccccc1. The summed E-state index contributed by atoms with van der Waals surface area (Å²) in [4.78, 5) is 26.3. The van der Waals surface area contributed by atoms with E-state index in [9.17, 15) is 9.59 Å². The van der Waals surface area contributed by atoms with Crippen molar-refractivity contribution in [3.05, 3.63) is 66.2 Å². The number of rotatable bonds is 4. The summed E-state index contributed by atoms with van der Waals surface area (Å²) in [5.74, 6) is 0.259. The number of hydrazine groups is 1. The molecule has 24 heavy (non-hydrogen) atoms. The Morgan fingerprint density at radius 3 is 2.29 bits per heavy atom. The molecule has 0 bridgehead atoms. The van der Waals surface area contributed by atoms with Crippen LogP contribution in [0.3, 0.4) is 0 Å². The molecule has 1 fully saturated rings. The summed E-state index contributed by atoms with van der Waals surface area (Å²) in [5.41, 5.74) is 7.42. The average Bonchev–Trinajstić information content (AvgIpc) is 3.07. The second-order valence-electron chi connectivity index (χ2n) is 5.52. The molecule has 1 aliphatic heterocycles. The predicted octanol–water partition coefficient (Wildman–Crippen LogP) is 2.79. The van der Waals surface area contributed by atoms with Gasteiger partial charge in [0.1, 0.15) is 11.4 Å². The molecule has 124 valence electrons. The summed E-state index contributed by atoms with van der Waals surface area (Å²) in [5, 5.41) is -0.129. The predicted molar refractivity (Wildman–Crippen MR) is 96.2 cm³/mol. The minimum atomic E-state index is -0.492. The fourth-order valence-electron chi connectivity index (χ4n) is 2.71. The lowest BCUT2D eigenvalue weighted by atomic mass is 10.1. The molecule has 0 radical (unpaired) electrons. The van der Waals surface area contributed by atoms with Gasteiger partial charge in [-0.3, -0.25) is 20.4 Å². The summed E-state index contributed by atoms with van der Waals surface area (Å²) in [6, 6.07) is 18.7. The van der Waals surface area contributed by atoms with Crippen LogP contribution >= 0.6 is 11.8 Å². The van der Waals surface area contributed by atoms with Crippen molar-refractivity contribution in [1.29, 1.82) is 0 Å². The molecule has 0 saturated carbocycles. The van der Waals surface area contributed by atoms with E-state index in [2.05, 4.69) is 10.9 Å². The third-order valence-corrected chi connectivity index (χ3v) is 5.18. The average molecular weight is 341 g/mol. The zero-order valence-corrected chi connectivity index (χ0v) is 14.1. The second-order valence-corrected chi connectivity index (χ2v) is 6.63. The van der Waals surface area contributed by atoms with E-state index in [-0.39, 0.29) is 17.2 Å². The van der Waals surface area contributed by atoms with E-state index in [1.165, 1.54) is 6.92 Å². The second kappa shape index (κ2) is 7.40. The van der Waals surface area contributed by atoms with Crippen LogP contribution in [0.25, 0.3) is 0 Å². The molecule has 0 unspecified atom stereocenters. The number of nitrogens with one attached hydrogen (secondary N) is 2. The van der Waals surface area contributed by atoms with E-state index >= 15 is 0 Å². The quantitative estimate of drug-likeness (QED) is 0.840. The highest BCUT2D eigenvalue weighted by Crippen LogP contribution is 2.41. The first-order valence-corrected chi connectivity index (χ1v) is 8.78. The fraction of sp³-hybridized carbons (Fsp3) is 0.222. The number of hydrogen-bond acceptors (Lipinski definition) is 4. The molecule has 1 heterocycles. The Hall–Kier alpha value is -2.47. The highest BCUT2D eigenvalue weighted by molar-refractivity contribution is 7.99. The number of benzene rings is 2. The lowest BCUT2D eigenvalue weighted by Crippen LogP contribution is -2.48. The Bertz CT molecular complexity index is 709. The Balaban J connectivity index is 1.70. The largest absolute Gasteiger partial charge is 0.314 e. The van der Waals surface area contributed by atoms with Gasteiger partial charge in [0, 0.05) is 12.7 Å². The fourth-order valence-corrected chi connectivity index (χ4v) is 4.19. The molecule has 2 aromatic carbocycles. The highest BCUT2D eigenvalue weighted by atomic mass is 32.2. The number of carbonyl (C=O) groups excluding carboxylic acids is 2. The van der Waals surface area contributed by atoms with Crippen molar-refractivity contribution < 1.29 is 9.59 Å². The zero-order valence-electron chi connectivity index (χ0n) is 13.3. The van der Waals surface area contributed by atoms with Gasteiger partial charge >= 0.3 is 0 Å². The van der Waals surface area contributed by atoms with Crippen molar-refractivity contribution >= 4 is 29.3 Å². The van der Waals surface area contributed by atoms with Gasteiger partial charge in [-0.05, 0) is 17.7 Å². The summed E-state index contributed by atoms with van der Waals surface area (Å²) in [6.45, 7) is 1.51. The van der Waals surface area contributed by atoms with Gasteiger partial charge < -0.3 is 4.90 Å². The molecule has 1 aliphatic rings. The molecule has 3 rings (SSSR count). The van der Waals surface area contributed by atoms with Crippen LogP contribution in [-0.4, -0.2) is 28.5 Å². The van der Waals surface area contributed by atoms with E-state index in [1.54, 1.807) is 16.7 Å². The van der Waals surface area contributed by atoms with Gasteiger partial charge in [-0.1, -0.05) is 48.5 Å². The monoisotopic (exact) mass is 341 g/mol. The molecule has 0 aromatic heterocycles. The van der Waals surface area contributed by atoms with Crippen LogP contribution in [0.4, 0.5) is 5.69 Å². The van der Waals surface area contributed by atoms with E-state index < -0.39 is 6.04 Å². The van der Waals surface area contributed by atoms with Gasteiger partial charge in [0.2, 0.25) is 5.91 Å². The van der Waals surface area contributed by atoms with Crippen LogP contribution in [0.2, 0.25) is 0 Å². The van der Waals surface area contributed by atoms with Crippen molar-refractivity contribution in [2.75, 3.05) is 11.2 Å². The van der Waals surface area contributed by atoms with Gasteiger partial charge in [0.05, 0.1) is 5.69 Å². The van der Waals surface area contributed by atoms with Crippen molar-refractivity contribution in [2.24, 2.45) is 0 Å². The van der Waals surface area contributed by atoms with Crippen LogP contribution in [0.15, 0.2) is 60.7 Å². The number of amides is 2. The Kier molecular flexibility index (Phi) is 5.05. The van der Waals surface area contributed by atoms with E-state index in [1.807, 2.05) is 60.7 Å². The van der Waals surface area contributed by atoms with Crippen LogP contribution < -0.4 is 10.9 Å². The van der Waals surface area contributed by atoms with Gasteiger partial charge in [-0.25, -0.2) is 0 Å². The van der Waals surface area contributed by atoms with Crippen molar-refractivity contribution in [1.82, 2.24) is 10.3 Å². The van der Waals surface area contributed by atoms with Gasteiger partial charge in [0.25, 0.3) is 5.91 Å². The molecule has 2 amide bonds. The third-order valence-electron chi connectivity index (χ3n) is 3.86. The lowest BCUT2D eigenvalue weighted by molar-refractivity contribution is -0.138. The summed E-state index contributed by atoms with van der Waals surface area (Å²) < 4.78 is 0. The van der Waals surface area contributed by atoms with E-state index in [0.29, 0.717) is 5.75 Å². The molecule has 1 saturated heterocycles. The maximum Gasteiger partial charge on any atom is 0.262 e. The molecule has 0 aliphatic carbocycles. The number of hydrogen-bond donors (Lipinski definition) is 2. The Morgan fingerprint density at radius 1 is 1.04 bits per heavy atom. The minimum Gasteiger partial charge on any atom is -0.314 e. The summed E-state index contributed by atoms with van der Waals surface area (Å²) in [6.07, 6.45) is 0. The first-order chi connectivity index (χ1) is 11.7. The number of carbonyl (C=O) groups is 2. The minimum absolute atomic E-state index is 0.103. The third kappa shape index (κ3) is 3.54. The van der Waals surface area contributed by atoms with Crippen LogP contribution in [0.1, 0.15) is 17.9 Å². The molecule has 2 aromatic rings. The molecule has 6 heteroatoms. The van der Waals surface area contributed by atoms with Gasteiger partial charge in [0.15, 0.2) is 0 Å². The maximum atomic E-state index is 12.5. The number of para-hydroxylation sites is 1. The lowest BCUT2D eigenvalue weighted by Gasteiger charge is -2.28. The van der Waals surface area contributed by atoms with Crippen molar-refractivity contribution in [3.63, 3.8) is 0 Å². The van der Waals surface area contributed by atoms with Crippen molar-refractivity contribution in [2.45, 2.75) is 18.3 Å². The van der Waals surface area contributed by atoms with Crippen LogP contribution in [-0.2, 0) is 9.59 Å². The summed E-state index contributed by atoms with van der Waals surface area (Å²) >= 11 is 1.61. The van der Waals surface area contributed by atoms with Crippen LogP contribution in [0.5, 0.6) is 0 Å². The normalized spacial score (nSPS) is 19.8. The maximum absolute atomic E-state index is 12.5. The first-order valence-electron chi connectivity index (χ1n) is 7.73. The Morgan fingerprint density at radius 2 is 1.67 bits per heavy atom. The number of anilines is 1. The molecular formula is C18H19N3O2S. The van der Waals surface area contributed by atoms with Crippen molar-refractivity contribution in [3.8, 4) is 0 Å². The van der Waals surface area contributed by atoms with E-state index in [0.717, 1.165) is 11.3 Å². The molecule has 0 spiro atoms. The first kappa shape index (κ1) is 16.4. The van der Waals surface area contributed by atoms with Gasteiger partial charge in [-0.15, -0.1) is 11.8 Å².